The minimum absolute atomic E-state index is 0.0617. The van der Waals surface area contributed by atoms with Gasteiger partial charge in [0.2, 0.25) is 0 Å². The molecule has 2 N–H and O–H groups in total. The van der Waals surface area contributed by atoms with Crippen LogP contribution in [0.1, 0.15) is 12.0 Å². The first-order chi connectivity index (χ1) is 6.47. The van der Waals surface area contributed by atoms with Gasteiger partial charge in [-0.15, -0.1) is 0 Å². The molecule has 78 valence electrons. The van der Waals surface area contributed by atoms with Gasteiger partial charge in [0.25, 0.3) is 5.92 Å². The van der Waals surface area contributed by atoms with Gasteiger partial charge in [-0.05, 0) is 24.7 Å². The van der Waals surface area contributed by atoms with Crippen molar-refractivity contribution in [2.75, 3.05) is 6.54 Å². The number of halogens is 4. The lowest BCUT2D eigenvalue weighted by atomic mass is 10.1. The van der Waals surface area contributed by atoms with Crippen molar-refractivity contribution in [3.05, 3.63) is 33.3 Å². The molecular weight excluding hydrogens is 275 g/mol. The summed E-state index contributed by atoms with van der Waals surface area (Å²) in [6.07, 6.45) is -0.400. The van der Waals surface area contributed by atoms with E-state index in [-0.39, 0.29) is 17.1 Å². The molecule has 0 atom stereocenters. The summed E-state index contributed by atoms with van der Waals surface area (Å²) in [5.41, 5.74) is 4.92. The fourth-order valence-corrected chi connectivity index (χ4v) is 1.71. The first-order valence-electron chi connectivity index (χ1n) is 4.01. The molecule has 1 rings (SSSR count). The molecule has 0 amide bonds. The zero-order valence-corrected chi connectivity index (χ0v) is 9.58. The molecule has 1 aromatic carbocycles. The van der Waals surface area contributed by atoms with Crippen molar-refractivity contribution in [1.29, 1.82) is 0 Å². The van der Waals surface area contributed by atoms with Gasteiger partial charge in [-0.1, -0.05) is 27.5 Å². The van der Waals surface area contributed by atoms with Gasteiger partial charge in [0.15, 0.2) is 0 Å². The van der Waals surface area contributed by atoms with Crippen molar-refractivity contribution in [3.8, 4) is 0 Å². The highest BCUT2D eigenvalue weighted by atomic mass is 79.9. The predicted octanol–water partition coefficient (Wildman–Crippen LogP) is 3.54. The molecule has 0 bridgehead atoms. The Hall–Kier alpha value is -0.190. The summed E-state index contributed by atoms with van der Waals surface area (Å²) in [5.74, 6) is -2.96. The van der Waals surface area contributed by atoms with Crippen molar-refractivity contribution in [3.63, 3.8) is 0 Å². The van der Waals surface area contributed by atoms with Crippen LogP contribution >= 0.6 is 27.5 Å². The molecule has 1 aromatic rings. The van der Waals surface area contributed by atoms with Crippen molar-refractivity contribution in [2.45, 2.75) is 12.3 Å². The highest BCUT2D eigenvalue weighted by Crippen LogP contribution is 2.37. The lowest BCUT2D eigenvalue weighted by Gasteiger charge is -2.17. The summed E-state index contributed by atoms with van der Waals surface area (Å²) in [6.45, 7) is -0.0736. The standard InChI is InChI=1S/C9H9BrClF2N/c10-6-1-2-8(11)7(5-6)9(12,13)3-4-14/h1-2,5H,3-4,14H2. The van der Waals surface area contributed by atoms with E-state index in [9.17, 15) is 8.78 Å². The van der Waals surface area contributed by atoms with Crippen LogP contribution in [0, 0.1) is 0 Å². The van der Waals surface area contributed by atoms with E-state index in [1.54, 1.807) is 6.07 Å². The van der Waals surface area contributed by atoms with Crippen LogP contribution in [0.15, 0.2) is 22.7 Å². The first kappa shape index (κ1) is 11.9. The van der Waals surface area contributed by atoms with Crippen molar-refractivity contribution in [2.24, 2.45) is 5.73 Å². The molecule has 0 unspecified atom stereocenters. The number of alkyl halides is 2. The number of nitrogens with two attached hydrogens (primary N) is 1. The summed E-state index contributed by atoms with van der Waals surface area (Å²) < 4.78 is 27.4. The minimum Gasteiger partial charge on any atom is -0.330 e. The number of benzene rings is 1. The fraction of sp³-hybridized carbons (Fsp3) is 0.333. The van der Waals surface area contributed by atoms with Crippen LogP contribution in [-0.4, -0.2) is 6.54 Å². The van der Waals surface area contributed by atoms with E-state index in [2.05, 4.69) is 15.9 Å². The monoisotopic (exact) mass is 283 g/mol. The molecular formula is C9H9BrClF2N. The van der Waals surface area contributed by atoms with E-state index >= 15 is 0 Å². The van der Waals surface area contributed by atoms with E-state index in [1.165, 1.54) is 12.1 Å². The van der Waals surface area contributed by atoms with Crippen molar-refractivity contribution >= 4 is 27.5 Å². The third kappa shape index (κ3) is 2.65. The van der Waals surface area contributed by atoms with Crippen molar-refractivity contribution < 1.29 is 8.78 Å². The molecule has 0 fully saturated rings. The van der Waals surface area contributed by atoms with Crippen LogP contribution in [0.3, 0.4) is 0 Å². The van der Waals surface area contributed by atoms with Gasteiger partial charge >= 0.3 is 0 Å². The molecule has 0 heterocycles. The maximum Gasteiger partial charge on any atom is 0.275 e. The van der Waals surface area contributed by atoms with Crippen LogP contribution in [0.4, 0.5) is 8.78 Å². The zero-order chi connectivity index (χ0) is 10.8. The van der Waals surface area contributed by atoms with Crippen LogP contribution in [-0.2, 0) is 5.92 Å². The largest absolute Gasteiger partial charge is 0.330 e. The number of hydrogen-bond donors (Lipinski definition) is 1. The van der Waals surface area contributed by atoms with Gasteiger partial charge in [-0.2, -0.15) is 0 Å². The molecule has 0 saturated heterocycles. The van der Waals surface area contributed by atoms with Gasteiger partial charge < -0.3 is 5.73 Å². The highest BCUT2D eigenvalue weighted by molar-refractivity contribution is 9.10. The zero-order valence-electron chi connectivity index (χ0n) is 7.24. The van der Waals surface area contributed by atoms with Crippen LogP contribution in [0.5, 0.6) is 0 Å². The molecule has 0 aliphatic carbocycles. The lowest BCUT2D eigenvalue weighted by molar-refractivity contribution is -0.0106. The summed E-state index contributed by atoms with van der Waals surface area (Å²) in [4.78, 5) is 0. The highest BCUT2D eigenvalue weighted by Gasteiger charge is 2.32. The topological polar surface area (TPSA) is 26.0 Å². The smallest absolute Gasteiger partial charge is 0.275 e. The molecule has 5 heteroatoms. The molecule has 0 aliphatic rings. The summed E-state index contributed by atoms with van der Waals surface area (Å²) in [6, 6.07) is 4.37. The molecule has 14 heavy (non-hydrogen) atoms. The Labute approximate surface area is 94.4 Å². The van der Waals surface area contributed by atoms with E-state index in [0.29, 0.717) is 4.47 Å². The second-order valence-electron chi connectivity index (χ2n) is 2.87. The Morgan fingerprint density at radius 1 is 1.43 bits per heavy atom. The Morgan fingerprint density at radius 3 is 2.64 bits per heavy atom. The van der Waals surface area contributed by atoms with Gasteiger partial charge in [-0.25, -0.2) is 8.78 Å². The third-order valence-corrected chi connectivity index (χ3v) is 2.60. The fourth-order valence-electron chi connectivity index (χ4n) is 1.09. The van der Waals surface area contributed by atoms with Crippen molar-refractivity contribution in [1.82, 2.24) is 0 Å². The quantitative estimate of drug-likeness (QED) is 0.902. The minimum atomic E-state index is -2.96. The Kier molecular flexibility index (Phi) is 3.86. The Balaban J connectivity index is 3.10. The second-order valence-corrected chi connectivity index (χ2v) is 4.19. The third-order valence-electron chi connectivity index (χ3n) is 1.78. The number of rotatable bonds is 3. The van der Waals surface area contributed by atoms with Gasteiger partial charge in [0.1, 0.15) is 0 Å². The van der Waals surface area contributed by atoms with Crippen LogP contribution in [0.2, 0.25) is 5.02 Å². The number of hydrogen-bond acceptors (Lipinski definition) is 1. The van der Waals surface area contributed by atoms with Gasteiger partial charge in [-0.3, -0.25) is 0 Å². The Bertz CT molecular complexity index is 331. The summed E-state index contributed by atoms with van der Waals surface area (Å²) >= 11 is 8.79. The second kappa shape index (κ2) is 4.55. The van der Waals surface area contributed by atoms with Crippen LogP contribution < -0.4 is 5.73 Å². The van der Waals surface area contributed by atoms with Gasteiger partial charge in [0, 0.05) is 21.5 Å². The van der Waals surface area contributed by atoms with Crippen LogP contribution in [0.25, 0.3) is 0 Å². The first-order valence-corrected chi connectivity index (χ1v) is 5.18. The average molecular weight is 285 g/mol. The van der Waals surface area contributed by atoms with Gasteiger partial charge in [0.05, 0.1) is 0 Å². The summed E-state index contributed by atoms with van der Waals surface area (Å²) in [5, 5.41) is 0.0617. The predicted molar refractivity (Wildman–Crippen MR) is 56.7 cm³/mol. The summed E-state index contributed by atoms with van der Waals surface area (Å²) in [7, 11) is 0. The molecule has 0 aromatic heterocycles. The lowest BCUT2D eigenvalue weighted by Crippen LogP contribution is -2.19. The van der Waals surface area contributed by atoms with E-state index in [1.807, 2.05) is 0 Å². The van der Waals surface area contributed by atoms with E-state index in [4.69, 9.17) is 17.3 Å². The van der Waals surface area contributed by atoms with E-state index in [0.717, 1.165) is 0 Å². The molecule has 0 radical (unpaired) electrons. The molecule has 0 saturated carbocycles. The SMILES string of the molecule is NCCC(F)(F)c1cc(Br)ccc1Cl. The molecule has 0 aliphatic heterocycles. The van der Waals surface area contributed by atoms with E-state index < -0.39 is 12.3 Å². The Morgan fingerprint density at radius 2 is 2.07 bits per heavy atom. The maximum atomic E-state index is 13.4. The maximum absolute atomic E-state index is 13.4. The molecule has 0 spiro atoms. The average Bonchev–Trinajstić information content (AvgIpc) is 2.09. The molecule has 1 nitrogen and oxygen atoms in total. The normalized spacial score (nSPS) is 11.8.